The number of nitrogens with zero attached hydrogens (tertiary/aromatic N) is 2. The van der Waals surface area contributed by atoms with Crippen LogP contribution >= 0.6 is 0 Å². The van der Waals surface area contributed by atoms with E-state index in [1.807, 2.05) is 6.07 Å². The fourth-order valence-electron chi connectivity index (χ4n) is 0.930. The van der Waals surface area contributed by atoms with Crippen LogP contribution in [0.25, 0.3) is 4.85 Å². The van der Waals surface area contributed by atoms with Gasteiger partial charge in [0, 0.05) is 0 Å². The van der Waals surface area contributed by atoms with Gasteiger partial charge in [0.05, 0.1) is 12.1 Å². The van der Waals surface area contributed by atoms with E-state index in [1.54, 1.807) is 19.1 Å². The van der Waals surface area contributed by atoms with Crippen LogP contribution in [0.1, 0.15) is 11.1 Å². The van der Waals surface area contributed by atoms with E-state index in [0.29, 0.717) is 0 Å². The molecule has 0 radical (unpaired) electrons. The maximum absolute atomic E-state index is 9.28. The number of hydrogen-bond donors (Lipinski definition) is 1. The minimum absolute atomic E-state index is 0.131. The van der Waals surface area contributed by atoms with Crippen LogP contribution in [0.3, 0.4) is 0 Å². The van der Waals surface area contributed by atoms with Gasteiger partial charge in [-0.15, -0.1) is 0 Å². The molecule has 3 nitrogen and oxygen atoms in total. The monoisotopic (exact) mass is 158 g/mol. The first-order valence-electron chi connectivity index (χ1n) is 3.30. The predicted molar refractivity (Wildman–Crippen MR) is 43.8 cm³/mol. The first-order valence-corrected chi connectivity index (χ1v) is 3.30. The highest BCUT2D eigenvalue weighted by molar-refractivity contribution is 5.64. The Bertz CT molecular complexity index is 361. The third kappa shape index (κ3) is 1.21. The maximum Gasteiger partial charge on any atom is 0.229 e. The van der Waals surface area contributed by atoms with Crippen molar-refractivity contribution in [2.45, 2.75) is 6.92 Å². The normalized spacial score (nSPS) is 8.58. The number of phenols is 1. The zero-order valence-corrected chi connectivity index (χ0v) is 6.50. The van der Waals surface area contributed by atoms with Crippen molar-refractivity contribution in [3.63, 3.8) is 0 Å². The number of benzene rings is 1. The molecule has 0 amide bonds. The summed E-state index contributed by atoms with van der Waals surface area (Å²) in [6.45, 7) is 8.48. The minimum atomic E-state index is -0.224. The van der Waals surface area contributed by atoms with Crippen LogP contribution < -0.4 is 0 Å². The lowest BCUT2D eigenvalue weighted by molar-refractivity contribution is 0.476. The van der Waals surface area contributed by atoms with Crippen LogP contribution in [0.15, 0.2) is 12.1 Å². The molecule has 1 aromatic rings. The Labute approximate surface area is 70.3 Å². The minimum Gasteiger partial charge on any atom is -0.518 e. The quantitative estimate of drug-likeness (QED) is 0.588. The van der Waals surface area contributed by atoms with E-state index in [-0.39, 0.29) is 17.0 Å². The van der Waals surface area contributed by atoms with E-state index >= 15 is 0 Å². The molecule has 1 rings (SSSR count). The molecule has 0 fully saturated rings. The van der Waals surface area contributed by atoms with Crippen LogP contribution in [-0.2, 0) is 0 Å². The molecule has 0 aliphatic carbocycles. The Morgan fingerprint density at radius 2 is 2.25 bits per heavy atom. The Morgan fingerprint density at radius 1 is 1.58 bits per heavy atom. The summed E-state index contributed by atoms with van der Waals surface area (Å²) in [6, 6.07) is 4.91. The molecular formula is C9H6N2O. The molecule has 0 atom stereocenters. The first-order chi connectivity index (χ1) is 5.69. The molecule has 1 aromatic carbocycles. The average molecular weight is 158 g/mol. The van der Waals surface area contributed by atoms with Gasteiger partial charge in [0.15, 0.2) is 0 Å². The number of rotatable bonds is 0. The highest BCUT2D eigenvalue weighted by Crippen LogP contribution is 2.30. The number of aromatic hydroxyl groups is 1. The zero-order chi connectivity index (χ0) is 9.14. The van der Waals surface area contributed by atoms with E-state index in [1.165, 1.54) is 0 Å². The maximum atomic E-state index is 9.28. The van der Waals surface area contributed by atoms with Crippen molar-refractivity contribution < 1.29 is 5.11 Å². The third-order valence-electron chi connectivity index (χ3n) is 1.48. The Balaban J connectivity index is 3.48. The molecule has 0 saturated heterocycles. The van der Waals surface area contributed by atoms with Crippen molar-refractivity contribution in [2.75, 3.05) is 0 Å². The second-order valence-corrected chi connectivity index (χ2v) is 2.40. The summed E-state index contributed by atoms with van der Waals surface area (Å²) >= 11 is 0. The molecular weight excluding hydrogens is 152 g/mol. The molecule has 0 bridgehead atoms. The van der Waals surface area contributed by atoms with Crippen molar-refractivity contribution in [1.82, 2.24) is 0 Å². The summed E-state index contributed by atoms with van der Waals surface area (Å²) in [5.41, 5.74) is 1.09. The van der Waals surface area contributed by atoms with Gasteiger partial charge in [-0.3, -0.25) is 0 Å². The van der Waals surface area contributed by atoms with E-state index in [2.05, 4.69) is 4.85 Å². The highest BCUT2D eigenvalue weighted by Gasteiger charge is 2.06. The van der Waals surface area contributed by atoms with Crippen LogP contribution in [0, 0.1) is 24.8 Å². The van der Waals surface area contributed by atoms with Gasteiger partial charge >= 0.3 is 0 Å². The number of nitriles is 1. The summed E-state index contributed by atoms with van der Waals surface area (Å²) in [5, 5.41) is 17.8. The van der Waals surface area contributed by atoms with Crippen molar-refractivity contribution in [3.8, 4) is 11.8 Å². The second-order valence-electron chi connectivity index (χ2n) is 2.40. The molecule has 0 aliphatic rings. The molecule has 0 heterocycles. The molecule has 3 heteroatoms. The van der Waals surface area contributed by atoms with Gasteiger partial charge in [-0.1, -0.05) is 5.56 Å². The standard InChI is InChI=1S/C9H6N2O/c1-6-3-7(5-10)9(12)8(4-6)11-2/h3-4,12H,1H3. The van der Waals surface area contributed by atoms with E-state index in [0.717, 1.165) is 5.56 Å². The van der Waals surface area contributed by atoms with Crippen molar-refractivity contribution in [3.05, 3.63) is 34.7 Å². The third-order valence-corrected chi connectivity index (χ3v) is 1.48. The molecule has 0 unspecified atom stereocenters. The van der Waals surface area contributed by atoms with Crippen molar-refractivity contribution in [1.29, 1.82) is 5.26 Å². The van der Waals surface area contributed by atoms with E-state index < -0.39 is 0 Å². The van der Waals surface area contributed by atoms with Gasteiger partial charge in [0.1, 0.15) is 11.8 Å². The smallest absolute Gasteiger partial charge is 0.229 e. The van der Waals surface area contributed by atoms with Gasteiger partial charge in [0.2, 0.25) is 5.69 Å². The average Bonchev–Trinajstić information content (AvgIpc) is 2.08. The molecule has 12 heavy (non-hydrogen) atoms. The summed E-state index contributed by atoms with van der Waals surface area (Å²) in [5.74, 6) is -0.224. The molecule has 0 saturated carbocycles. The molecule has 0 aliphatic heterocycles. The van der Waals surface area contributed by atoms with Crippen LogP contribution in [-0.4, -0.2) is 5.11 Å². The lowest BCUT2D eigenvalue weighted by Gasteiger charge is -1.99. The fourth-order valence-corrected chi connectivity index (χ4v) is 0.930. The van der Waals surface area contributed by atoms with Gasteiger partial charge in [-0.05, 0) is 19.1 Å². The fraction of sp³-hybridized carbons (Fsp3) is 0.111. The number of phenolic OH excluding ortho intramolecular Hbond substituents is 1. The van der Waals surface area contributed by atoms with Gasteiger partial charge in [0.25, 0.3) is 0 Å². The lowest BCUT2D eigenvalue weighted by atomic mass is 10.1. The van der Waals surface area contributed by atoms with E-state index in [9.17, 15) is 5.11 Å². The lowest BCUT2D eigenvalue weighted by Crippen LogP contribution is -1.79. The molecule has 58 valence electrons. The van der Waals surface area contributed by atoms with Gasteiger partial charge < -0.3 is 5.11 Å². The van der Waals surface area contributed by atoms with E-state index in [4.69, 9.17) is 11.8 Å². The van der Waals surface area contributed by atoms with Gasteiger partial charge in [-0.25, -0.2) is 4.85 Å². The van der Waals surface area contributed by atoms with Gasteiger partial charge in [-0.2, -0.15) is 5.26 Å². The summed E-state index contributed by atoms with van der Waals surface area (Å²) in [6.07, 6.45) is 0. The summed E-state index contributed by atoms with van der Waals surface area (Å²) < 4.78 is 0. The van der Waals surface area contributed by atoms with Crippen molar-refractivity contribution >= 4 is 5.69 Å². The Hall–Kier alpha value is -2.00. The Morgan fingerprint density at radius 3 is 2.75 bits per heavy atom. The largest absolute Gasteiger partial charge is 0.518 e. The molecule has 0 spiro atoms. The second kappa shape index (κ2) is 2.94. The number of hydrogen-bond acceptors (Lipinski definition) is 2. The topological polar surface area (TPSA) is 48.4 Å². The highest BCUT2D eigenvalue weighted by atomic mass is 16.3. The predicted octanol–water partition coefficient (Wildman–Crippen LogP) is 2.12. The summed E-state index contributed by atoms with van der Waals surface area (Å²) in [7, 11) is 0. The van der Waals surface area contributed by atoms with Crippen molar-refractivity contribution in [2.24, 2.45) is 0 Å². The summed E-state index contributed by atoms with van der Waals surface area (Å²) in [4.78, 5) is 3.09. The first kappa shape index (κ1) is 8.10. The Kier molecular flexibility index (Phi) is 1.98. The van der Waals surface area contributed by atoms with Crippen LogP contribution in [0.4, 0.5) is 5.69 Å². The molecule has 1 N–H and O–H groups in total. The van der Waals surface area contributed by atoms with Crippen LogP contribution in [0.5, 0.6) is 5.75 Å². The number of aryl methyl sites for hydroxylation is 1. The SMILES string of the molecule is [C-]#[N+]c1cc(C)cc(C#N)c1O. The molecule has 0 aromatic heterocycles. The van der Waals surface area contributed by atoms with Crippen LogP contribution in [0.2, 0.25) is 0 Å². The zero-order valence-electron chi connectivity index (χ0n) is 6.50.